The zero-order chi connectivity index (χ0) is 9.30. The lowest BCUT2D eigenvalue weighted by Crippen LogP contribution is -1.91. The Balaban J connectivity index is 3.28. The molecule has 0 aliphatic heterocycles. The van der Waals surface area contributed by atoms with Crippen LogP contribution in [0.25, 0.3) is 0 Å². The van der Waals surface area contributed by atoms with E-state index in [1.54, 1.807) is 0 Å². The second-order valence-electron chi connectivity index (χ2n) is 2.08. The van der Waals surface area contributed by atoms with Crippen molar-refractivity contribution in [2.24, 2.45) is 0 Å². The van der Waals surface area contributed by atoms with Crippen LogP contribution < -0.4 is 0 Å². The molecule has 0 heterocycles. The third kappa shape index (κ3) is 1.93. The highest BCUT2D eigenvalue weighted by Gasteiger charge is 2.17. The molecule has 0 saturated carbocycles. The van der Waals surface area contributed by atoms with E-state index in [4.69, 9.17) is 11.6 Å². The zero-order valence-electron chi connectivity index (χ0n) is 5.62. The molecule has 5 heteroatoms. The van der Waals surface area contributed by atoms with Gasteiger partial charge in [-0.05, 0) is 12.1 Å². The van der Waals surface area contributed by atoms with Crippen LogP contribution in [0.3, 0.4) is 0 Å². The van der Waals surface area contributed by atoms with Gasteiger partial charge in [-0.25, -0.2) is 13.2 Å². The second kappa shape index (κ2) is 3.66. The van der Waals surface area contributed by atoms with Crippen LogP contribution in [0.4, 0.5) is 13.2 Å². The van der Waals surface area contributed by atoms with E-state index >= 15 is 0 Å². The van der Waals surface area contributed by atoms with E-state index in [9.17, 15) is 13.2 Å². The largest absolute Gasteiger partial charge is 0.268 e. The lowest BCUT2D eigenvalue weighted by atomic mass is 10.2. The molecule has 0 N–H and O–H groups in total. The summed E-state index contributed by atoms with van der Waals surface area (Å²) >= 11 is 8.31. The first-order valence-corrected chi connectivity index (χ1v) is 4.12. The Kier molecular flexibility index (Phi) is 3.01. The van der Waals surface area contributed by atoms with Gasteiger partial charge in [-0.15, -0.1) is 0 Å². The van der Waals surface area contributed by atoms with Crippen LogP contribution >= 0.6 is 27.5 Å². The van der Waals surface area contributed by atoms with Gasteiger partial charge in [-0.2, -0.15) is 0 Å². The first-order valence-electron chi connectivity index (χ1n) is 2.95. The lowest BCUT2D eigenvalue weighted by Gasteiger charge is -2.04. The molecule has 0 unspecified atom stereocenters. The van der Waals surface area contributed by atoms with Crippen molar-refractivity contribution in [3.63, 3.8) is 0 Å². The summed E-state index contributed by atoms with van der Waals surface area (Å²) in [6, 6.07) is 2.18. The predicted octanol–water partition coefficient (Wildman–Crippen LogP) is 4.18. The van der Waals surface area contributed by atoms with Gasteiger partial charge in [0.2, 0.25) is 0 Å². The van der Waals surface area contributed by atoms with Crippen LogP contribution in [0, 0.1) is 5.82 Å². The standard InChI is InChI=1S/C7H3BrClF3/c8-3-1-4(9)6(7(11)12)5(10)2-3/h1-2,7H. The first kappa shape index (κ1) is 9.86. The summed E-state index contributed by atoms with van der Waals surface area (Å²) in [6.07, 6.45) is -2.88. The van der Waals surface area contributed by atoms with Gasteiger partial charge in [-0.1, -0.05) is 27.5 Å². The highest BCUT2D eigenvalue weighted by Crippen LogP contribution is 2.31. The van der Waals surface area contributed by atoms with Crippen molar-refractivity contribution in [2.75, 3.05) is 0 Å². The summed E-state index contributed by atoms with van der Waals surface area (Å²) in [5.41, 5.74) is -0.750. The molecule has 0 saturated heterocycles. The van der Waals surface area contributed by atoms with E-state index in [2.05, 4.69) is 15.9 Å². The minimum Gasteiger partial charge on any atom is -0.206 e. The van der Waals surface area contributed by atoms with Crippen molar-refractivity contribution in [1.29, 1.82) is 0 Å². The number of benzene rings is 1. The number of halogens is 5. The van der Waals surface area contributed by atoms with E-state index in [-0.39, 0.29) is 5.02 Å². The van der Waals surface area contributed by atoms with Gasteiger partial charge in [-0.3, -0.25) is 0 Å². The molecule has 12 heavy (non-hydrogen) atoms. The summed E-state index contributed by atoms with van der Waals surface area (Å²) in [6.45, 7) is 0. The highest BCUT2D eigenvalue weighted by atomic mass is 79.9. The fourth-order valence-corrected chi connectivity index (χ4v) is 1.61. The van der Waals surface area contributed by atoms with Crippen LogP contribution in [0.2, 0.25) is 5.02 Å². The van der Waals surface area contributed by atoms with Gasteiger partial charge >= 0.3 is 0 Å². The van der Waals surface area contributed by atoms with Crippen LogP contribution in [-0.2, 0) is 0 Å². The van der Waals surface area contributed by atoms with Crippen molar-refractivity contribution >= 4 is 27.5 Å². The zero-order valence-corrected chi connectivity index (χ0v) is 7.96. The number of hydrogen-bond acceptors (Lipinski definition) is 0. The molecule has 0 aliphatic carbocycles. The Morgan fingerprint density at radius 1 is 1.33 bits per heavy atom. The van der Waals surface area contributed by atoms with Gasteiger partial charge in [0.25, 0.3) is 6.43 Å². The molecule has 0 atom stereocenters. The second-order valence-corrected chi connectivity index (χ2v) is 3.41. The lowest BCUT2D eigenvalue weighted by molar-refractivity contribution is 0.146. The summed E-state index contributed by atoms with van der Waals surface area (Å²) in [5.74, 6) is -0.996. The fraction of sp³-hybridized carbons (Fsp3) is 0.143. The van der Waals surface area contributed by atoms with Crippen LogP contribution in [0.15, 0.2) is 16.6 Å². The van der Waals surface area contributed by atoms with E-state index in [0.29, 0.717) is 4.47 Å². The molecular formula is C7H3BrClF3. The summed E-state index contributed by atoms with van der Waals surface area (Å²) in [4.78, 5) is 0. The molecule has 0 aromatic heterocycles. The Morgan fingerprint density at radius 2 is 1.92 bits per heavy atom. The Morgan fingerprint density at radius 3 is 2.33 bits per heavy atom. The summed E-state index contributed by atoms with van der Waals surface area (Å²) in [7, 11) is 0. The molecule has 0 bridgehead atoms. The van der Waals surface area contributed by atoms with E-state index in [1.807, 2.05) is 0 Å². The predicted molar refractivity (Wildman–Crippen MR) is 44.1 cm³/mol. The first-order chi connectivity index (χ1) is 5.52. The smallest absolute Gasteiger partial charge is 0.206 e. The summed E-state index contributed by atoms with van der Waals surface area (Å²) < 4.78 is 37.3. The van der Waals surface area contributed by atoms with Gasteiger partial charge < -0.3 is 0 Å². The molecule has 1 aromatic carbocycles. The maximum atomic E-state index is 12.8. The van der Waals surface area contributed by atoms with Crippen LogP contribution in [0.1, 0.15) is 12.0 Å². The Bertz CT molecular complexity index is 278. The third-order valence-corrected chi connectivity index (χ3v) is 2.03. The quantitative estimate of drug-likeness (QED) is 0.710. The Hall–Kier alpha value is -0.220. The van der Waals surface area contributed by atoms with Crippen molar-refractivity contribution < 1.29 is 13.2 Å². The van der Waals surface area contributed by atoms with Crippen LogP contribution in [0.5, 0.6) is 0 Å². The molecule has 0 radical (unpaired) electrons. The third-order valence-electron chi connectivity index (χ3n) is 1.26. The number of alkyl halides is 2. The monoisotopic (exact) mass is 258 g/mol. The van der Waals surface area contributed by atoms with Gasteiger partial charge in [0.05, 0.1) is 10.6 Å². The molecule has 66 valence electrons. The number of rotatable bonds is 1. The molecule has 0 spiro atoms. The van der Waals surface area contributed by atoms with Gasteiger partial charge in [0.1, 0.15) is 5.82 Å². The van der Waals surface area contributed by atoms with Crippen LogP contribution in [-0.4, -0.2) is 0 Å². The fourth-order valence-electron chi connectivity index (χ4n) is 0.762. The molecule has 0 aliphatic rings. The average molecular weight is 259 g/mol. The van der Waals surface area contributed by atoms with E-state index in [1.165, 1.54) is 6.07 Å². The number of hydrogen-bond donors (Lipinski definition) is 0. The highest BCUT2D eigenvalue weighted by molar-refractivity contribution is 9.10. The van der Waals surface area contributed by atoms with Crippen molar-refractivity contribution in [2.45, 2.75) is 6.43 Å². The minimum atomic E-state index is -2.88. The van der Waals surface area contributed by atoms with E-state index in [0.717, 1.165) is 6.07 Å². The van der Waals surface area contributed by atoms with Crippen molar-refractivity contribution in [1.82, 2.24) is 0 Å². The molecule has 1 aromatic rings. The maximum Gasteiger partial charge on any atom is 0.268 e. The van der Waals surface area contributed by atoms with Crippen molar-refractivity contribution in [3.8, 4) is 0 Å². The minimum absolute atomic E-state index is 0.267. The molecule has 0 nitrogen and oxygen atoms in total. The average Bonchev–Trinajstić information content (AvgIpc) is 1.82. The maximum absolute atomic E-state index is 12.8. The molecular weight excluding hydrogens is 256 g/mol. The van der Waals surface area contributed by atoms with Gasteiger partial charge in [0.15, 0.2) is 0 Å². The molecule has 1 rings (SSSR count). The van der Waals surface area contributed by atoms with Crippen molar-refractivity contribution in [3.05, 3.63) is 33.0 Å². The normalized spacial score (nSPS) is 10.8. The molecule has 0 fully saturated rings. The summed E-state index contributed by atoms with van der Waals surface area (Å²) in [5, 5.41) is -0.267. The topological polar surface area (TPSA) is 0 Å². The van der Waals surface area contributed by atoms with E-state index < -0.39 is 17.8 Å². The SMILES string of the molecule is Fc1cc(Br)cc(Cl)c1C(F)F. The van der Waals surface area contributed by atoms with Gasteiger partial charge in [0, 0.05) is 4.47 Å². The molecule has 0 amide bonds. The Labute approximate surface area is 80.5 Å².